The Hall–Kier alpha value is -1.94. The second kappa shape index (κ2) is 71.3. The lowest BCUT2D eigenvalue weighted by Crippen LogP contribution is -2.30. The predicted octanol–water partition coefficient (Wildman–Crippen LogP) is 24.1. The van der Waals surface area contributed by atoms with Gasteiger partial charge >= 0.3 is 39.5 Å². The lowest BCUT2D eigenvalue weighted by molar-refractivity contribution is -0.161. The summed E-state index contributed by atoms with van der Waals surface area (Å²) in [4.78, 5) is 73.0. The summed E-state index contributed by atoms with van der Waals surface area (Å²) in [6.07, 6.45) is 59.9. The van der Waals surface area contributed by atoms with Crippen molar-refractivity contribution in [2.75, 3.05) is 39.6 Å². The quantitative estimate of drug-likeness (QED) is 0.0222. The highest BCUT2D eigenvalue weighted by Gasteiger charge is 2.30. The highest BCUT2D eigenvalue weighted by molar-refractivity contribution is 7.47. The molecule has 0 aromatic carbocycles. The molecule has 0 bridgehead atoms. The summed E-state index contributed by atoms with van der Waals surface area (Å²) in [6.45, 7) is 11.9. The van der Waals surface area contributed by atoms with Gasteiger partial charge in [-0.2, -0.15) is 0 Å². The van der Waals surface area contributed by atoms with Gasteiger partial charge in [-0.15, -0.1) is 0 Å². The highest BCUT2D eigenvalue weighted by Crippen LogP contribution is 2.45. The van der Waals surface area contributed by atoms with E-state index in [1.807, 2.05) is 0 Å². The lowest BCUT2D eigenvalue weighted by Gasteiger charge is -2.21. The fraction of sp³-hybridized carbons (Fsp3) is 0.951. The van der Waals surface area contributed by atoms with Crippen molar-refractivity contribution in [3.8, 4) is 0 Å². The van der Waals surface area contributed by atoms with Gasteiger partial charge in [-0.1, -0.05) is 370 Å². The second-order valence-corrected chi connectivity index (χ2v) is 33.5. The van der Waals surface area contributed by atoms with Crippen LogP contribution in [0.4, 0.5) is 0 Å². The summed E-state index contributed by atoms with van der Waals surface area (Å²) in [6, 6.07) is 0. The molecule has 0 amide bonds. The maximum Gasteiger partial charge on any atom is 0.472 e. The molecule has 0 aromatic heterocycles. The molecule has 0 fully saturated rings. The van der Waals surface area contributed by atoms with Gasteiger partial charge in [0.15, 0.2) is 12.2 Å². The molecule has 0 aliphatic carbocycles. The van der Waals surface area contributed by atoms with E-state index in [1.165, 1.54) is 225 Å². The highest BCUT2D eigenvalue weighted by atomic mass is 31.2. The second-order valence-electron chi connectivity index (χ2n) is 30.6. The molecule has 5 atom stereocenters. The van der Waals surface area contributed by atoms with Gasteiger partial charge in [-0.25, -0.2) is 9.13 Å². The van der Waals surface area contributed by atoms with Crippen LogP contribution in [0.2, 0.25) is 0 Å². The molecule has 3 N–H and O–H groups in total. The van der Waals surface area contributed by atoms with Gasteiger partial charge in [-0.3, -0.25) is 37.3 Å². The van der Waals surface area contributed by atoms with Crippen molar-refractivity contribution in [1.29, 1.82) is 0 Å². The van der Waals surface area contributed by atoms with Crippen molar-refractivity contribution < 1.29 is 80.2 Å². The number of carbonyl (C=O) groups is 4. The van der Waals surface area contributed by atoms with Gasteiger partial charge in [0.25, 0.3) is 0 Å². The third-order valence-corrected chi connectivity index (χ3v) is 20.8. The minimum Gasteiger partial charge on any atom is -0.462 e. The minimum atomic E-state index is -4.96. The average Bonchev–Trinajstić information content (AvgIpc) is 0.941. The van der Waals surface area contributed by atoms with E-state index in [4.69, 9.17) is 37.0 Å². The van der Waals surface area contributed by atoms with Gasteiger partial charge in [0, 0.05) is 25.7 Å². The van der Waals surface area contributed by atoms with Crippen molar-refractivity contribution in [3.63, 3.8) is 0 Å². The number of aliphatic hydroxyl groups excluding tert-OH is 1. The Morgan fingerprint density at radius 1 is 0.270 bits per heavy atom. The first-order chi connectivity index (χ1) is 48.2. The molecule has 19 heteroatoms. The smallest absolute Gasteiger partial charge is 0.462 e. The van der Waals surface area contributed by atoms with E-state index in [-0.39, 0.29) is 25.7 Å². The molecule has 17 nitrogen and oxygen atoms in total. The maximum atomic E-state index is 13.1. The number of phosphoric acid groups is 2. The number of esters is 4. The number of ether oxygens (including phenoxy) is 4. The van der Waals surface area contributed by atoms with Crippen LogP contribution in [-0.2, 0) is 65.4 Å². The summed E-state index contributed by atoms with van der Waals surface area (Å²) >= 11 is 0. The van der Waals surface area contributed by atoms with Crippen LogP contribution in [0.3, 0.4) is 0 Å². The molecule has 0 spiro atoms. The summed E-state index contributed by atoms with van der Waals surface area (Å²) in [7, 11) is -9.92. The maximum absolute atomic E-state index is 13.1. The predicted molar refractivity (Wildman–Crippen MR) is 409 cm³/mol. The van der Waals surface area contributed by atoms with Crippen LogP contribution in [0.1, 0.15) is 421 Å². The summed E-state index contributed by atoms with van der Waals surface area (Å²) < 4.78 is 68.7. The van der Waals surface area contributed by atoms with Crippen molar-refractivity contribution in [2.45, 2.75) is 439 Å². The molecule has 2 unspecified atom stereocenters. The summed E-state index contributed by atoms with van der Waals surface area (Å²) in [5.74, 6) is 0.124. The molecule has 0 rings (SSSR count). The van der Waals surface area contributed by atoms with Crippen LogP contribution in [0.25, 0.3) is 0 Å². The molecule has 100 heavy (non-hydrogen) atoms. The van der Waals surface area contributed by atoms with E-state index in [0.717, 1.165) is 108 Å². The van der Waals surface area contributed by atoms with E-state index in [0.29, 0.717) is 31.6 Å². The third-order valence-electron chi connectivity index (χ3n) is 18.9. The topological polar surface area (TPSA) is 237 Å². The zero-order valence-corrected chi connectivity index (χ0v) is 67.5. The third kappa shape index (κ3) is 74.3. The number of unbranched alkanes of at least 4 members (excludes halogenated alkanes) is 47. The molecule has 0 heterocycles. The van der Waals surface area contributed by atoms with Crippen molar-refractivity contribution in [1.82, 2.24) is 0 Å². The van der Waals surface area contributed by atoms with Gasteiger partial charge in [0.05, 0.1) is 26.4 Å². The SMILES string of the molecule is CCCCCCCCCCCCCCCCCCCCCCCCC(=O)O[C@H](COC(=O)CCCCCCCCCCCCCCC(C)C)COP(=O)(O)OC[C@@H](O)COP(=O)(O)OC[C@@H](COC(=O)CCCCCCCCCC(C)C)OC(=O)CCCCCCCCCCCCC(C)C. The number of hydrogen-bond donors (Lipinski definition) is 3. The minimum absolute atomic E-state index is 0.105. The number of hydrogen-bond acceptors (Lipinski definition) is 15. The van der Waals surface area contributed by atoms with Gasteiger partial charge < -0.3 is 33.8 Å². The first-order valence-corrected chi connectivity index (χ1v) is 44.8. The molecule has 0 saturated heterocycles. The standard InChI is InChI=1S/C81H158O17P2/c1-8-9-10-11-12-13-14-15-16-17-18-19-20-21-22-23-24-29-35-42-50-57-64-80(85)97-76(68-91-78(83)62-55-48-41-34-28-26-25-27-32-38-45-52-59-72(2)3)70-95-99(87,88)93-66-75(82)67-94-100(89,90)96-71-77(69-92-79(84)63-56-49-44-37-40-47-54-61-74(6)7)98-81(86)65-58-51-43-36-31-30-33-39-46-53-60-73(4)5/h72-77,82H,8-71H2,1-7H3,(H,87,88)(H,89,90)/t75-,76-,77-/m1/s1. The Morgan fingerprint density at radius 2 is 0.460 bits per heavy atom. The first kappa shape index (κ1) is 98.1. The van der Waals surface area contributed by atoms with E-state index in [9.17, 15) is 43.2 Å². The van der Waals surface area contributed by atoms with Crippen LogP contribution in [-0.4, -0.2) is 96.7 Å². The van der Waals surface area contributed by atoms with Crippen LogP contribution in [0.5, 0.6) is 0 Å². The number of aliphatic hydroxyl groups is 1. The largest absolute Gasteiger partial charge is 0.472 e. The zero-order chi connectivity index (χ0) is 73.7. The number of rotatable bonds is 79. The zero-order valence-electron chi connectivity index (χ0n) is 65.7. The van der Waals surface area contributed by atoms with Gasteiger partial charge in [0.2, 0.25) is 0 Å². The van der Waals surface area contributed by atoms with E-state index in [2.05, 4.69) is 48.5 Å². The summed E-state index contributed by atoms with van der Waals surface area (Å²) in [5, 5.41) is 10.6. The van der Waals surface area contributed by atoms with Crippen molar-refractivity contribution in [3.05, 3.63) is 0 Å². The number of phosphoric ester groups is 2. The Morgan fingerprint density at radius 3 is 0.680 bits per heavy atom. The van der Waals surface area contributed by atoms with Gasteiger partial charge in [-0.05, 0) is 43.4 Å². The molecule has 0 radical (unpaired) electrons. The molecule has 594 valence electrons. The lowest BCUT2D eigenvalue weighted by atomic mass is 10.0. The molecule has 0 saturated carbocycles. The average molecular weight is 1470 g/mol. The molecule has 0 aliphatic heterocycles. The van der Waals surface area contributed by atoms with E-state index in [1.54, 1.807) is 0 Å². The Labute approximate surface area is 613 Å². The summed E-state index contributed by atoms with van der Waals surface area (Å²) in [5.41, 5.74) is 0. The monoisotopic (exact) mass is 1470 g/mol. The Balaban J connectivity index is 5.21. The molecule has 0 aromatic rings. The molecule has 0 aliphatic rings. The van der Waals surface area contributed by atoms with Crippen molar-refractivity contribution in [2.24, 2.45) is 17.8 Å². The van der Waals surface area contributed by atoms with Crippen LogP contribution in [0.15, 0.2) is 0 Å². The fourth-order valence-corrected chi connectivity index (χ4v) is 14.1. The van der Waals surface area contributed by atoms with Crippen LogP contribution < -0.4 is 0 Å². The Bertz CT molecular complexity index is 1940. The molecular formula is C81H158O17P2. The Kier molecular flexibility index (Phi) is 69.9. The van der Waals surface area contributed by atoms with E-state index >= 15 is 0 Å². The normalized spacial score (nSPS) is 14.0. The van der Waals surface area contributed by atoms with Crippen molar-refractivity contribution >= 4 is 39.5 Å². The van der Waals surface area contributed by atoms with Crippen LogP contribution >= 0.6 is 15.6 Å². The fourth-order valence-electron chi connectivity index (χ4n) is 12.5. The van der Waals surface area contributed by atoms with Gasteiger partial charge in [0.1, 0.15) is 19.3 Å². The number of carbonyl (C=O) groups excluding carboxylic acids is 4. The van der Waals surface area contributed by atoms with E-state index < -0.39 is 97.5 Å². The molecular weight excluding hydrogens is 1310 g/mol. The first-order valence-electron chi connectivity index (χ1n) is 41.8. The van der Waals surface area contributed by atoms with Crippen LogP contribution in [0, 0.1) is 17.8 Å².